The largest absolute Gasteiger partial charge is 0.381 e. The van der Waals surface area contributed by atoms with E-state index in [1.165, 1.54) is 19.3 Å². The minimum Gasteiger partial charge on any atom is -0.381 e. The van der Waals surface area contributed by atoms with Gasteiger partial charge in [-0.25, -0.2) is 0 Å². The van der Waals surface area contributed by atoms with Crippen LogP contribution in [0.2, 0.25) is 0 Å². The van der Waals surface area contributed by atoms with Crippen molar-refractivity contribution in [3.8, 4) is 0 Å². The van der Waals surface area contributed by atoms with Gasteiger partial charge in [0.25, 0.3) is 0 Å². The fourth-order valence-corrected chi connectivity index (χ4v) is 2.31. The number of likely N-dealkylation sites (tertiary alicyclic amines) is 1. The molecule has 1 atom stereocenters. The Hall–Kier alpha value is -0.570. The van der Waals surface area contributed by atoms with E-state index in [-0.39, 0.29) is 5.92 Å². The molecular weight excluding hydrogens is 178 g/mol. The van der Waals surface area contributed by atoms with Crippen molar-refractivity contribution in [1.82, 2.24) is 4.90 Å². The summed E-state index contributed by atoms with van der Waals surface area (Å²) in [4.78, 5) is 14.0. The second-order valence-electron chi connectivity index (χ2n) is 4.30. The van der Waals surface area contributed by atoms with Crippen molar-refractivity contribution in [1.29, 1.82) is 0 Å². The highest BCUT2D eigenvalue weighted by Crippen LogP contribution is 2.19. The second kappa shape index (κ2) is 4.78. The normalized spacial score (nSPS) is 28.9. The lowest BCUT2D eigenvalue weighted by Crippen LogP contribution is -2.42. The van der Waals surface area contributed by atoms with Gasteiger partial charge in [0, 0.05) is 19.7 Å². The van der Waals surface area contributed by atoms with Crippen LogP contribution in [0.3, 0.4) is 0 Å². The number of piperidine rings is 1. The molecule has 0 aromatic carbocycles. The highest BCUT2D eigenvalue weighted by molar-refractivity contribution is 5.79. The standard InChI is InChI=1S/C11H19NO2/c13-11(10-5-4-8-14-9-10)12-6-2-1-3-7-12/h10H,1-9H2. The fraction of sp³-hybridized carbons (Fsp3) is 0.909. The molecule has 2 saturated heterocycles. The van der Waals surface area contributed by atoms with Crippen molar-refractivity contribution in [2.75, 3.05) is 26.3 Å². The van der Waals surface area contributed by atoms with Gasteiger partial charge in [-0.05, 0) is 32.1 Å². The Morgan fingerprint density at radius 3 is 2.57 bits per heavy atom. The van der Waals surface area contributed by atoms with Gasteiger partial charge < -0.3 is 9.64 Å². The molecular formula is C11H19NO2. The quantitative estimate of drug-likeness (QED) is 0.636. The van der Waals surface area contributed by atoms with Gasteiger partial charge in [0.15, 0.2) is 0 Å². The zero-order valence-corrected chi connectivity index (χ0v) is 8.71. The molecule has 1 amide bonds. The van der Waals surface area contributed by atoms with E-state index in [2.05, 4.69) is 0 Å². The van der Waals surface area contributed by atoms with Crippen LogP contribution < -0.4 is 0 Å². The summed E-state index contributed by atoms with van der Waals surface area (Å²) in [6.07, 6.45) is 5.71. The maximum Gasteiger partial charge on any atom is 0.228 e. The molecule has 0 radical (unpaired) electrons. The number of hydrogen-bond donors (Lipinski definition) is 0. The Morgan fingerprint density at radius 2 is 1.93 bits per heavy atom. The molecule has 0 aromatic heterocycles. The SMILES string of the molecule is O=C(C1CCCOC1)N1CCCCC1. The first-order valence-electron chi connectivity index (χ1n) is 5.74. The molecule has 0 bridgehead atoms. The lowest BCUT2D eigenvalue weighted by atomic mass is 9.99. The highest BCUT2D eigenvalue weighted by atomic mass is 16.5. The molecule has 2 rings (SSSR count). The summed E-state index contributed by atoms with van der Waals surface area (Å²) in [5.74, 6) is 0.492. The molecule has 0 spiro atoms. The Labute approximate surface area is 85.4 Å². The number of amides is 1. The number of ether oxygens (including phenoxy) is 1. The molecule has 2 heterocycles. The summed E-state index contributed by atoms with van der Waals surface area (Å²) in [5, 5.41) is 0. The van der Waals surface area contributed by atoms with Crippen LogP contribution in [0, 0.1) is 5.92 Å². The average Bonchev–Trinajstić information content (AvgIpc) is 2.30. The topological polar surface area (TPSA) is 29.5 Å². The highest BCUT2D eigenvalue weighted by Gasteiger charge is 2.27. The van der Waals surface area contributed by atoms with Crippen LogP contribution in [0.5, 0.6) is 0 Å². The zero-order valence-electron chi connectivity index (χ0n) is 8.71. The Kier molecular flexibility index (Phi) is 3.40. The molecule has 3 nitrogen and oxygen atoms in total. The molecule has 80 valence electrons. The fourth-order valence-electron chi connectivity index (χ4n) is 2.31. The maximum atomic E-state index is 12.0. The summed E-state index contributed by atoms with van der Waals surface area (Å²) < 4.78 is 5.35. The van der Waals surface area contributed by atoms with Crippen molar-refractivity contribution in [2.24, 2.45) is 5.92 Å². The summed E-state index contributed by atoms with van der Waals surface area (Å²) in [6.45, 7) is 3.42. The second-order valence-corrected chi connectivity index (χ2v) is 4.30. The van der Waals surface area contributed by atoms with E-state index < -0.39 is 0 Å². The van der Waals surface area contributed by atoms with Crippen LogP contribution in [-0.2, 0) is 9.53 Å². The summed E-state index contributed by atoms with van der Waals surface area (Å²) in [7, 11) is 0. The molecule has 2 fully saturated rings. The van der Waals surface area contributed by atoms with Gasteiger partial charge in [0.05, 0.1) is 12.5 Å². The van der Waals surface area contributed by atoms with Crippen LogP contribution in [0.25, 0.3) is 0 Å². The van der Waals surface area contributed by atoms with E-state index in [9.17, 15) is 4.79 Å². The number of hydrogen-bond acceptors (Lipinski definition) is 2. The van der Waals surface area contributed by atoms with Crippen LogP contribution >= 0.6 is 0 Å². The molecule has 0 saturated carbocycles. The van der Waals surface area contributed by atoms with Crippen LogP contribution in [0.1, 0.15) is 32.1 Å². The third kappa shape index (κ3) is 2.27. The third-order valence-corrected chi connectivity index (χ3v) is 3.18. The van der Waals surface area contributed by atoms with Gasteiger partial charge in [0.2, 0.25) is 5.91 Å². The van der Waals surface area contributed by atoms with E-state index >= 15 is 0 Å². The predicted octanol–water partition coefficient (Wildman–Crippen LogP) is 1.43. The smallest absolute Gasteiger partial charge is 0.228 e. The van der Waals surface area contributed by atoms with Crippen molar-refractivity contribution in [2.45, 2.75) is 32.1 Å². The molecule has 0 aliphatic carbocycles. The molecule has 0 N–H and O–H groups in total. The van der Waals surface area contributed by atoms with E-state index in [1.54, 1.807) is 0 Å². The predicted molar refractivity (Wildman–Crippen MR) is 54.0 cm³/mol. The number of nitrogens with zero attached hydrogens (tertiary/aromatic N) is 1. The third-order valence-electron chi connectivity index (χ3n) is 3.18. The molecule has 1 unspecified atom stereocenters. The minimum atomic E-state index is 0.154. The molecule has 2 aliphatic rings. The zero-order chi connectivity index (χ0) is 9.80. The lowest BCUT2D eigenvalue weighted by molar-refractivity contribution is -0.140. The van der Waals surface area contributed by atoms with E-state index in [4.69, 9.17) is 4.74 Å². The van der Waals surface area contributed by atoms with Gasteiger partial charge in [0.1, 0.15) is 0 Å². The Morgan fingerprint density at radius 1 is 1.14 bits per heavy atom. The van der Waals surface area contributed by atoms with Gasteiger partial charge in [-0.15, -0.1) is 0 Å². The van der Waals surface area contributed by atoms with Gasteiger partial charge in [-0.3, -0.25) is 4.79 Å². The molecule has 14 heavy (non-hydrogen) atoms. The number of rotatable bonds is 1. The van der Waals surface area contributed by atoms with E-state index in [0.717, 1.165) is 32.5 Å². The van der Waals surface area contributed by atoms with E-state index in [0.29, 0.717) is 12.5 Å². The van der Waals surface area contributed by atoms with Crippen molar-refractivity contribution < 1.29 is 9.53 Å². The molecule has 2 aliphatic heterocycles. The monoisotopic (exact) mass is 197 g/mol. The Balaban J connectivity index is 1.85. The maximum absolute atomic E-state index is 12.0. The summed E-state index contributed by atoms with van der Waals surface area (Å²) >= 11 is 0. The van der Waals surface area contributed by atoms with Gasteiger partial charge in [-0.1, -0.05) is 0 Å². The van der Waals surface area contributed by atoms with Crippen molar-refractivity contribution in [3.63, 3.8) is 0 Å². The molecule has 3 heteroatoms. The lowest BCUT2D eigenvalue weighted by Gasteiger charge is -2.31. The minimum absolute atomic E-state index is 0.154. The molecule has 0 aromatic rings. The number of carbonyl (C=O) groups is 1. The van der Waals surface area contributed by atoms with Crippen molar-refractivity contribution >= 4 is 5.91 Å². The van der Waals surface area contributed by atoms with Crippen LogP contribution in [-0.4, -0.2) is 37.1 Å². The average molecular weight is 197 g/mol. The summed E-state index contributed by atoms with van der Waals surface area (Å²) in [6, 6.07) is 0. The van der Waals surface area contributed by atoms with Gasteiger partial charge in [-0.2, -0.15) is 0 Å². The first kappa shape index (κ1) is 9.97. The summed E-state index contributed by atoms with van der Waals surface area (Å²) in [5.41, 5.74) is 0. The first-order valence-corrected chi connectivity index (χ1v) is 5.74. The van der Waals surface area contributed by atoms with Crippen LogP contribution in [0.4, 0.5) is 0 Å². The Bertz CT molecular complexity index is 173. The van der Waals surface area contributed by atoms with Crippen molar-refractivity contribution in [3.05, 3.63) is 0 Å². The van der Waals surface area contributed by atoms with Crippen LogP contribution in [0.15, 0.2) is 0 Å². The van der Waals surface area contributed by atoms with E-state index in [1.807, 2.05) is 4.90 Å². The van der Waals surface area contributed by atoms with Gasteiger partial charge >= 0.3 is 0 Å². The first-order chi connectivity index (χ1) is 6.88. The number of carbonyl (C=O) groups excluding carboxylic acids is 1.